The number of carbonyl (C=O) groups excluding carboxylic acids is 2. The molecule has 3 aromatic carbocycles. The van der Waals surface area contributed by atoms with Crippen LogP contribution in [0.4, 0.5) is 16.2 Å². The zero-order valence-electron chi connectivity index (χ0n) is 28.1. The van der Waals surface area contributed by atoms with Crippen molar-refractivity contribution in [3.63, 3.8) is 0 Å². The number of urea groups is 1. The Kier molecular flexibility index (Phi) is 11.2. The molecule has 1 aliphatic rings. The number of rotatable bonds is 13. The van der Waals surface area contributed by atoms with Crippen LogP contribution in [0, 0.1) is 13.8 Å². The molecule has 0 saturated carbocycles. The highest BCUT2D eigenvalue weighted by Gasteiger charge is 2.31. The second-order valence-electron chi connectivity index (χ2n) is 12.4. The van der Waals surface area contributed by atoms with E-state index in [1.165, 1.54) is 5.56 Å². The van der Waals surface area contributed by atoms with Crippen LogP contribution >= 0.6 is 0 Å². The number of nitrogens with zero attached hydrogens (tertiary/aromatic N) is 3. The van der Waals surface area contributed by atoms with E-state index in [0.29, 0.717) is 38.2 Å². The number of anilines is 2. The molecule has 1 aliphatic heterocycles. The molecule has 0 fully saturated rings. The summed E-state index contributed by atoms with van der Waals surface area (Å²) in [5.74, 6) is 0.448. The smallest absolute Gasteiger partial charge is 0.319 e. The Bertz CT molecular complexity index is 1950. The second kappa shape index (κ2) is 15.5. The first kappa shape index (κ1) is 35.4. The van der Waals surface area contributed by atoms with Gasteiger partial charge < -0.3 is 20.3 Å². The van der Waals surface area contributed by atoms with Crippen molar-refractivity contribution in [3.05, 3.63) is 107 Å². The van der Waals surface area contributed by atoms with Crippen LogP contribution in [0.25, 0.3) is 11.1 Å². The van der Waals surface area contributed by atoms with Crippen molar-refractivity contribution in [2.24, 2.45) is 0 Å². The lowest BCUT2D eigenvalue weighted by molar-refractivity contribution is -0.118. The number of allylic oxidation sites excluding steroid dienone is 1. The Morgan fingerprint density at radius 1 is 1.10 bits per heavy atom. The van der Waals surface area contributed by atoms with Crippen LogP contribution in [-0.2, 0) is 21.5 Å². The van der Waals surface area contributed by atoms with Gasteiger partial charge in [-0.25, -0.2) is 4.79 Å². The molecule has 0 spiro atoms. The van der Waals surface area contributed by atoms with Crippen LogP contribution in [0.3, 0.4) is 0 Å². The van der Waals surface area contributed by atoms with Gasteiger partial charge in [-0.1, -0.05) is 48.6 Å². The fourth-order valence-electron chi connectivity index (χ4n) is 6.09. The Morgan fingerprint density at radius 3 is 2.65 bits per heavy atom. The monoisotopic (exact) mass is 685 g/mol. The lowest BCUT2D eigenvalue weighted by atomic mass is 9.81. The number of hydrogen-bond donors (Lipinski definition) is 3. The normalized spacial score (nSPS) is 14.2. The van der Waals surface area contributed by atoms with Crippen LogP contribution in [0.2, 0.25) is 0 Å². The molecular formula is C37H43N5O6S. The summed E-state index contributed by atoms with van der Waals surface area (Å²) in [5, 5.41) is 9.70. The van der Waals surface area contributed by atoms with Gasteiger partial charge in [0.2, 0.25) is 5.91 Å². The van der Waals surface area contributed by atoms with Crippen molar-refractivity contribution in [1.29, 1.82) is 0 Å². The van der Waals surface area contributed by atoms with Gasteiger partial charge in [0.05, 0.1) is 25.1 Å². The molecule has 12 heteroatoms. The molecule has 1 atom stereocenters. The first-order chi connectivity index (χ1) is 23.4. The topological polar surface area (TPSA) is 143 Å². The first-order valence-corrected chi connectivity index (χ1v) is 17.9. The highest BCUT2D eigenvalue weighted by atomic mass is 32.2. The number of aryl methyl sites for hydroxylation is 1. The third kappa shape index (κ3) is 9.15. The van der Waals surface area contributed by atoms with Crippen molar-refractivity contribution in [2.75, 3.05) is 35.7 Å². The molecule has 3 N–H and O–H groups in total. The molecule has 0 aliphatic carbocycles. The number of carbonyl (C=O) groups is 2. The summed E-state index contributed by atoms with van der Waals surface area (Å²) in [6.45, 7) is 11.7. The molecule has 1 aromatic heterocycles. The van der Waals surface area contributed by atoms with Gasteiger partial charge in [0.25, 0.3) is 10.1 Å². The summed E-state index contributed by atoms with van der Waals surface area (Å²) in [4.78, 5) is 27.7. The van der Waals surface area contributed by atoms with Gasteiger partial charge in [0.1, 0.15) is 5.75 Å². The molecule has 0 bridgehead atoms. The van der Waals surface area contributed by atoms with Gasteiger partial charge >= 0.3 is 6.03 Å². The third-order valence-electron chi connectivity index (χ3n) is 8.73. The largest absolute Gasteiger partial charge is 0.493 e. The van der Waals surface area contributed by atoms with Crippen LogP contribution in [0.15, 0.2) is 85.2 Å². The minimum atomic E-state index is -4.16. The first-order valence-electron chi connectivity index (χ1n) is 16.3. The van der Waals surface area contributed by atoms with E-state index >= 15 is 0 Å². The van der Waals surface area contributed by atoms with E-state index in [9.17, 15) is 18.0 Å². The lowest BCUT2D eigenvalue weighted by Gasteiger charge is -2.36. The molecule has 0 radical (unpaired) electrons. The zero-order chi connectivity index (χ0) is 35.1. The number of amides is 3. The second-order valence-corrected chi connectivity index (χ2v) is 14.0. The molecule has 5 rings (SSSR count). The quantitative estimate of drug-likeness (QED) is 0.0831. The summed E-state index contributed by atoms with van der Waals surface area (Å²) in [6.07, 6.45) is 5.56. The Hall–Kier alpha value is -4.94. The maximum Gasteiger partial charge on any atom is 0.319 e. The van der Waals surface area contributed by atoms with E-state index in [4.69, 9.17) is 9.29 Å². The van der Waals surface area contributed by atoms with E-state index in [-0.39, 0.29) is 18.4 Å². The minimum absolute atomic E-state index is 0.0689. The van der Waals surface area contributed by atoms with E-state index in [2.05, 4.69) is 41.4 Å². The van der Waals surface area contributed by atoms with Crippen LogP contribution in [0.1, 0.15) is 54.4 Å². The molecule has 2 heterocycles. The number of fused-ring (bicyclic) bond motifs is 1. The number of aromatic nitrogens is 2. The molecule has 3 amide bonds. The maximum absolute atomic E-state index is 13.6. The Balaban J connectivity index is 1.27. The summed E-state index contributed by atoms with van der Waals surface area (Å²) >= 11 is 0. The molecule has 1 unspecified atom stereocenters. The molecule has 49 heavy (non-hydrogen) atoms. The predicted octanol–water partition coefficient (Wildman–Crippen LogP) is 6.48. The Labute approximate surface area is 287 Å². The average molecular weight is 686 g/mol. The SMILES string of the molecule is C=C(C)C1CCN(C(=O)CCCOc2cccc(C)c2C)c2cccc(-c3cnn(Cc4cccc(NC(=O)NCCS(=O)(=O)O)c4)c3)c21. The standard InChI is InChI=1S/C37H43N5O6S/c1-25(2)31-16-18-42(35(43)15-8-19-48-34-14-5-9-26(3)27(34)4)33-13-7-12-32(36(31)33)29-22-39-41(24-29)23-28-10-6-11-30(21-28)40-37(44)38-17-20-49(45,46)47/h5-7,9-14,21-22,24,31H,1,8,15-20,23H2,2-4H3,(H2,38,40,44)(H,45,46,47). The van der Waals surface area contributed by atoms with Crippen LogP contribution < -0.4 is 20.3 Å². The number of benzene rings is 3. The maximum atomic E-state index is 13.6. The predicted molar refractivity (Wildman–Crippen MR) is 192 cm³/mol. The summed E-state index contributed by atoms with van der Waals surface area (Å²) in [6, 6.07) is 18.7. The molecule has 4 aromatic rings. The van der Waals surface area contributed by atoms with Gasteiger partial charge in [-0.3, -0.25) is 14.0 Å². The number of hydrogen-bond acceptors (Lipinski definition) is 6. The lowest BCUT2D eigenvalue weighted by Crippen LogP contribution is -2.37. The van der Waals surface area contributed by atoms with Crippen LogP contribution in [-0.4, -0.2) is 60.1 Å². The summed E-state index contributed by atoms with van der Waals surface area (Å²) < 4.78 is 38.4. The third-order valence-corrected chi connectivity index (χ3v) is 9.45. The highest BCUT2D eigenvalue weighted by Crippen LogP contribution is 2.44. The zero-order valence-corrected chi connectivity index (χ0v) is 28.9. The molecule has 258 valence electrons. The van der Waals surface area contributed by atoms with E-state index in [1.54, 1.807) is 12.1 Å². The van der Waals surface area contributed by atoms with Crippen molar-refractivity contribution in [3.8, 4) is 16.9 Å². The van der Waals surface area contributed by atoms with Gasteiger partial charge in [-0.2, -0.15) is 13.5 Å². The fourth-order valence-corrected chi connectivity index (χ4v) is 6.45. The van der Waals surface area contributed by atoms with Gasteiger partial charge in [0.15, 0.2) is 0 Å². The Morgan fingerprint density at radius 2 is 1.88 bits per heavy atom. The summed E-state index contributed by atoms with van der Waals surface area (Å²) in [5.41, 5.74) is 8.65. The minimum Gasteiger partial charge on any atom is -0.493 e. The van der Waals surface area contributed by atoms with E-state index in [1.807, 2.05) is 72.2 Å². The number of ether oxygens (including phenoxy) is 1. The number of nitrogens with one attached hydrogen (secondary N) is 2. The van der Waals surface area contributed by atoms with Crippen molar-refractivity contribution in [2.45, 2.75) is 52.5 Å². The van der Waals surface area contributed by atoms with Crippen molar-refractivity contribution >= 4 is 33.4 Å². The van der Waals surface area contributed by atoms with Gasteiger partial charge in [-0.15, -0.1) is 0 Å². The molecule has 0 saturated heterocycles. The van der Waals surface area contributed by atoms with Crippen LogP contribution in [0.5, 0.6) is 5.75 Å². The highest BCUT2D eigenvalue weighted by molar-refractivity contribution is 7.85. The molecular weight excluding hydrogens is 643 g/mol. The van der Waals surface area contributed by atoms with Gasteiger partial charge in [-0.05, 0) is 85.7 Å². The molecule has 11 nitrogen and oxygen atoms in total. The summed E-state index contributed by atoms with van der Waals surface area (Å²) in [7, 11) is -4.16. The van der Waals surface area contributed by atoms with Crippen molar-refractivity contribution in [1.82, 2.24) is 15.1 Å². The van der Waals surface area contributed by atoms with Crippen molar-refractivity contribution < 1.29 is 27.3 Å². The van der Waals surface area contributed by atoms with E-state index < -0.39 is 21.9 Å². The van der Waals surface area contributed by atoms with E-state index in [0.717, 1.165) is 51.2 Å². The van der Waals surface area contributed by atoms with Gasteiger partial charge in [0, 0.05) is 48.6 Å². The average Bonchev–Trinajstić information content (AvgIpc) is 3.51. The fraction of sp³-hybridized carbons (Fsp3) is 0.324.